The van der Waals surface area contributed by atoms with Crippen molar-refractivity contribution in [3.05, 3.63) is 0 Å². The number of rotatable bonds is 3. The van der Waals surface area contributed by atoms with E-state index in [-0.39, 0.29) is 11.6 Å². The molecule has 2 nitrogen and oxygen atoms in total. The molecule has 2 N–H and O–H groups in total. The molecule has 0 saturated heterocycles. The highest BCUT2D eigenvalue weighted by molar-refractivity contribution is 4.91. The number of methoxy groups -OCH3 is 1. The Labute approximate surface area is 81.8 Å². The Morgan fingerprint density at radius 2 is 1.77 bits per heavy atom. The second-order valence-electron chi connectivity index (χ2n) is 4.20. The van der Waals surface area contributed by atoms with Gasteiger partial charge >= 0.3 is 0 Å². The van der Waals surface area contributed by atoms with Crippen molar-refractivity contribution in [2.24, 2.45) is 5.73 Å². The summed E-state index contributed by atoms with van der Waals surface area (Å²) in [4.78, 5) is 0. The third kappa shape index (κ3) is 2.44. The third-order valence-corrected chi connectivity index (χ3v) is 3.47. The molecule has 0 amide bonds. The summed E-state index contributed by atoms with van der Waals surface area (Å²) in [6, 6.07) is 0.218. The van der Waals surface area contributed by atoms with Crippen molar-refractivity contribution in [2.45, 2.75) is 63.5 Å². The monoisotopic (exact) mass is 185 g/mol. The van der Waals surface area contributed by atoms with Gasteiger partial charge in [0.1, 0.15) is 0 Å². The van der Waals surface area contributed by atoms with Crippen molar-refractivity contribution >= 4 is 0 Å². The van der Waals surface area contributed by atoms with Gasteiger partial charge in [0.05, 0.1) is 5.60 Å². The quantitative estimate of drug-likeness (QED) is 0.685. The fourth-order valence-electron chi connectivity index (χ4n) is 2.43. The average Bonchev–Trinajstić information content (AvgIpc) is 2.42. The molecular weight excluding hydrogens is 162 g/mol. The van der Waals surface area contributed by atoms with Gasteiger partial charge in [0.15, 0.2) is 0 Å². The van der Waals surface area contributed by atoms with Gasteiger partial charge < -0.3 is 10.5 Å². The highest BCUT2D eigenvalue weighted by Gasteiger charge is 2.35. The minimum atomic E-state index is -0.00868. The van der Waals surface area contributed by atoms with Gasteiger partial charge in [-0.25, -0.2) is 0 Å². The summed E-state index contributed by atoms with van der Waals surface area (Å²) < 4.78 is 5.69. The van der Waals surface area contributed by atoms with Crippen molar-refractivity contribution < 1.29 is 4.74 Å². The maximum absolute atomic E-state index is 6.14. The van der Waals surface area contributed by atoms with Crippen LogP contribution in [0.1, 0.15) is 51.9 Å². The van der Waals surface area contributed by atoms with Gasteiger partial charge in [-0.3, -0.25) is 0 Å². The summed E-state index contributed by atoms with van der Waals surface area (Å²) in [5.74, 6) is 0. The Morgan fingerprint density at radius 3 is 2.15 bits per heavy atom. The van der Waals surface area contributed by atoms with Gasteiger partial charge in [-0.1, -0.05) is 32.6 Å². The van der Waals surface area contributed by atoms with Crippen LogP contribution in [-0.4, -0.2) is 18.8 Å². The van der Waals surface area contributed by atoms with E-state index in [0.29, 0.717) is 0 Å². The lowest BCUT2D eigenvalue weighted by atomic mass is 9.85. The van der Waals surface area contributed by atoms with Crippen molar-refractivity contribution in [3.63, 3.8) is 0 Å². The zero-order chi connectivity index (χ0) is 9.73. The summed E-state index contributed by atoms with van der Waals surface area (Å²) in [5.41, 5.74) is 6.13. The SMILES string of the molecule is CC[C@@H](N)C1(OC)CCCCCC1. The molecule has 0 aliphatic heterocycles. The van der Waals surface area contributed by atoms with Crippen molar-refractivity contribution in [2.75, 3.05) is 7.11 Å². The summed E-state index contributed by atoms with van der Waals surface area (Å²) >= 11 is 0. The third-order valence-electron chi connectivity index (χ3n) is 3.47. The van der Waals surface area contributed by atoms with Gasteiger partial charge in [-0.2, -0.15) is 0 Å². The molecule has 0 bridgehead atoms. The topological polar surface area (TPSA) is 35.2 Å². The largest absolute Gasteiger partial charge is 0.377 e. The maximum Gasteiger partial charge on any atom is 0.0828 e. The lowest BCUT2D eigenvalue weighted by Crippen LogP contribution is -2.48. The molecular formula is C11H23NO. The van der Waals surface area contributed by atoms with Crippen LogP contribution >= 0.6 is 0 Å². The van der Waals surface area contributed by atoms with E-state index in [1.807, 2.05) is 7.11 Å². The molecule has 78 valence electrons. The van der Waals surface area contributed by atoms with E-state index in [1.54, 1.807) is 0 Å². The van der Waals surface area contributed by atoms with Crippen LogP contribution in [0, 0.1) is 0 Å². The molecule has 2 heteroatoms. The van der Waals surface area contributed by atoms with E-state index in [2.05, 4.69) is 6.92 Å². The first-order valence-electron chi connectivity index (χ1n) is 5.56. The first kappa shape index (κ1) is 11.0. The molecule has 0 unspecified atom stereocenters. The second kappa shape index (κ2) is 4.97. The van der Waals surface area contributed by atoms with Crippen LogP contribution in [-0.2, 0) is 4.74 Å². The molecule has 0 aromatic carbocycles. The highest BCUT2D eigenvalue weighted by atomic mass is 16.5. The lowest BCUT2D eigenvalue weighted by Gasteiger charge is -2.36. The predicted molar refractivity (Wildman–Crippen MR) is 55.7 cm³/mol. The predicted octanol–water partition coefficient (Wildman–Crippen LogP) is 2.46. The Kier molecular flexibility index (Phi) is 4.20. The molecule has 13 heavy (non-hydrogen) atoms. The van der Waals surface area contributed by atoms with E-state index in [4.69, 9.17) is 10.5 Å². The summed E-state index contributed by atoms with van der Waals surface area (Å²) in [5, 5.41) is 0. The van der Waals surface area contributed by atoms with Crippen LogP contribution in [0.2, 0.25) is 0 Å². The van der Waals surface area contributed by atoms with Crippen LogP contribution in [0.3, 0.4) is 0 Å². The Morgan fingerprint density at radius 1 is 1.23 bits per heavy atom. The van der Waals surface area contributed by atoms with E-state index in [0.717, 1.165) is 19.3 Å². The van der Waals surface area contributed by atoms with Crippen molar-refractivity contribution in [1.82, 2.24) is 0 Å². The number of nitrogens with two attached hydrogens (primary N) is 1. The molecule has 0 spiro atoms. The fourth-order valence-corrected chi connectivity index (χ4v) is 2.43. The summed E-state index contributed by atoms with van der Waals surface area (Å²) in [6.07, 6.45) is 8.58. The van der Waals surface area contributed by atoms with Gasteiger partial charge in [-0.15, -0.1) is 0 Å². The van der Waals surface area contributed by atoms with Crippen molar-refractivity contribution in [1.29, 1.82) is 0 Å². The Bertz CT molecular complexity index is 139. The maximum atomic E-state index is 6.14. The summed E-state index contributed by atoms with van der Waals surface area (Å²) in [7, 11) is 1.82. The molecule has 1 atom stereocenters. The summed E-state index contributed by atoms with van der Waals surface area (Å²) in [6.45, 7) is 2.15. The standard InChI is InChI=1S/C11H23NO/c1-3-10(12)11(13-2)8-6-4-5-7-9-11/h10H,3-9,12H2,1-2H3/t10-/m1/s1. The minimum absolute atomic E-state index is 0.00868. The van der Waals surface area contributed by atoms with Crippen molar-refractivity contribution in [3.8, 4) is 0 Å². The molecule has 1 aliphatic rings. The Balaban J connectivity index is 2.64. The molecule has 0 aromatic heterocycles. The van der Waals surface area contributed by atoms with E-state index >= 15 is 0 Å². The zero-order valence-electron chi connectivity index (χ0n) is 9.01. The van der Waals surface area contributed by atoms with Gasteiger partial charge in [0.2, 0.25) is 0 Å². The van der Waals surface area contributed by atoms with E-state index in [1.165, 1.54) is 25.7 Å². The molecule has 0 radical (unpaired) electrons. The highest BCUT2D eigenvalue weighted by Crippen LogP contribution is 2.33. The van der Waals surface area contributed by atoms with Crippen LogP contribution in [0.25, 0.3) is 0 Å². The molecule has 1 fully saturated rings. The average molecular weight is 185 g/mol. The van der Waals surface area contributed by atoms with Crippen LogP contribution < -0.4 is 5.73 Å². The van der Waals surface area contributed by atoms with Gasteiger partial charge in [0, 0.05) is 13.2 Å². The first-order valence-corrected chi connectivity index (χ1v) is 5.56. The zero-order valence-corrected chi connectivity index (χ0v) is 9.01. The number of hydrogen-bond acceptors (Lipinski definition) is 2. The van der Waals surface area contributed by atoms with Crippen LogP contribution in [0.5, 0.6) is 0 Å². The Hall–Kier alpha value is -0.0800. The fraction of sp³-hybridized carbons (Fsp3) is 1.00. The number of ether oxygens (including phenoxy) is 1. The second-order valence-corrected chi connectivity index (χ2v) is 4.20. The normalized spacial score (nSPS) is 25.2. The van der Waals surface area contributed by atoms with Gasteiger partial charge in [0.25, 0.3) is 0 Å². The van der Waals surface area contributed by atoms with Gasteiger partial charge in [-0.05, 0) is 19.3 Å². The molecule has 0 heterocycles. The lowest BCUT2D eigenvalue weighted by molar-refractivity contribution is -0.0439. The van der Waals surface area contributed by atoms with Crippen LogP contribution in [0.4, 0.5) is 0 Å². The molecule has 0 aromatic rings. The molecule has 1 aliphatic carbocycles. The number of hydrogen-bond donors (Lipinski definition) is 1. The first-order chi connectivity index (χ1) is 6.25. The molecule has 1 rings (SSSR count). The van der Waals surface area contributed by atoms with E-state index < -0.39 is 0 Å². The smallest absolute Gasteiger partial charge is 0.0828 e. The minimum Gasteiger partial charge on any atom is -0.377 e. The van der Waals surface area contributed by atoms with E-state index in [9.17, 15) is 0 Å². The van der Waals surface area contributed by atoms with Crippen LogP contribution in [0.15, 0.2) is 0 Å². The molecule has 1 saturated carbocycles.